The molecule has 7 N–H and O–H groups in total. The van der Waals surface area contributed by atoms with E-state index in [0.717, 1.165) is 18.5 Å². The number of benzene rings is 1. The molecular weight excluding hydrogens is 550 g/mol. The van der Waals surface area contributed by atoms with Crippen LogP contribution in [-0.4, -0.2) is 89.0 Å². The molecule has 1 heterocycles. The first kappa shape index (κ1) is 30.9. The number of phenolic OH excluding ortho intramolecular Hbond substituents is 1. The smallest absolute Gasteiger partial charge is 0.255 e. The lowest BCUT2D eigenvalue weighted by atomic mass is 9.59. The van der Waals surface area contributed by atoms with Crippen molar-refractivity contribution in [1.82, 2.24) is 10.2 Å². The van der Waals surface area contributed by atoms with Gasteiger partial charge in [0.15, 0.2) is 11.6 Å². The Morgan fingerprint density at radius 3 is 2.16 bits per heavy atom. The van der Waals surface area contributed by atoms with Gasteiger partial charge in [-0.2, -0.15) is 0 Å². The number of anilines is 2. The number of aliphatic hydroxyl groups excluding tert-OH is 2. The Labute approximate surface area is 252 Å². The molecule has 0 aromatic heterocycles. The molecule has 1 amide bonds. The van der Waals surface area contributed by atoms with Gasteiger partial charge in [0.25, 0.3) is 5.91 Å². The quantitative estimate of drug-likeness (QED) is 0.169. The second kappa shape index (κ2) is 10.3. The van der Waals surface area contributed by atoms with E-state index in [9.17, 15) is 29.7 Å². The molecule has 3 aliphatic carbocycles. The molecule has 1 aliphatic heterocycles. The molecule has 234 valence electrons. The molecule has 4 aliphatic rings. The number of Topliss-reactive ketones (excluding diaryl/α,β-unsaturated/α-hetero) is 2. The molecule has 1 saturated carbocycles. The third kappa shape index (κ3) is 5.06. The molecule has 0 radical (unpaired) electrons. The van der Waals surface area contributed by atoms with Crippen molar-refractivity contribution in [3.63, 3.8) is 0 Å². The number of rotatable bonds is 5. The number of carbonyl (C=O) groups excluding carboxylic acids is 3. The van der Waals surface area contributed by atoms with E-state index in [1.54, 1.807) is 19.0 Å². The van der Waals surface area contributed by atoms with Gasteiger partial charge >= 0.3 is 0 Å². The number of hydrogen-bond acceptors (Lipinski definition) is 10. The first-order valence-corrected chi connectivity index (χ1v) is 14.9. The fraction of sp³-hybridized carbons (Fsp3) is 0.594. The summed E-state index contributed by atoms with van der Waals surface area (Å²) in [6.45, 7) is 8.57. The summed E-state index contributed by atoms with van der Waals surface area (Å²) in [6, 6.07) is 1.15. The summed E-state index contributed by atoms with van der Waals surface area (Å²) < 4.78 is 0. The summed E-state index contributed by atoms with van der Waals surface area (Å²) in [5.74, 6) is -5.79. The zero-order valence-electron chi connectivity index (χ0n) is 26.3. The van der Waals surface area contributed by atoms with E-state index in [2.05, 4.69) is 38.3 Å². The number of likely N-dealkylation sites (N-methyl/N-ethyl adjacent to an activating group) is 1. The van der Waals surface area contributed by atoms with Crippen molar-refractivity contribution in [3.8, 4) is 5.75 Å². The number of allylic oxidation sites excluding steroid dienone is 1. The van der Waals surface area contributed by atoms with Gasteiger partial charge in [-0.1, -0.05) is 0 Å². The van der Waals surface area contributed by atoms with Gasteiger partial charge < -0.3 is 36.6 Å². The van der Waals surface area contributed by atoms with Crippen LogP contribution in [-0.2, 0) is 20.8 Å². The number of aliphatic hydroxyl groups is 2. The maximum atomic E-state index is 14.1. The number of amides is 1. The van der Waals surface area contributed by atoms with Crippen molar-refractivity contribution in [2.45, 2.75) is 76.5 Å². The van der Waals surface area contributed by atoms with Crippen molar-refractivity contribution in [1.29, 1.82) is 0 Å². The third-order valence-electron chi connectivity index (χ3n) is 9.57. The molecule has 2 fully saturated rings. The largest absolute Gasteiger partial charge is 0.510 e. The number of carbonyl (C=O) groups is 3. The number of nitrogens with two attached hydrogens (primary N) is 1. The predicted molar refractivity (Wildman–Crippen MR) is 165 cm³/mol. The van der Waals surface area contributed by atoms with E-state index in [0.29, 0.717) is 24.1 Å². The standard InChI is InChI=1S/C32H45N5O6/c1-31(2)12-15(13-32(3,4)35-31)34-18-11-19(36(5)6)16-9-14-10-17-22(27(40)20(14)26(39)21(16)25(18)38)28(41)23(30(33)43)29(42)24(17)37(7)8/h11,14-15,17,22,24,34-35,38-39,42H,9-10,12-13H2,1-8H3,(H2,33,43)/t14-,17+,22-,24-/m0/s1. The predicted octanol–water partition coefficient (Wildman–Crippen LogP) is 2.64. The summed E-state index contributed by atoms with van der Waals surface area (Å²) in [6.07, 6.45) is 2.27. The molecule has 1 aromatic carbocycles. The number of phenols is 1. The Morgan fingerprint density at radius 2 is 1.63 bits per heavy atom. The van der Waals surface area contributed by atoms with Crippen LogP contribution in [0.25, 0.3) is 5.76 Å². The molecule has 43 heavy (non-hydrogen) atoms. The van der Waals surface area contributed by atoms with E-state index in [4.69, 9.17) is 5.73 Å². The third-order valence-corrected chi connectivity index (χ3v) is 9.57. The molecule has 11 heteroatoms. The first-order valence-electron chi connectivity index (χ1n) is 14.9. The van der Waals surface area contributed by atoms with Gasteiger partial charge in [-0.3, -0.25) is 19.3 Å². The number of piperidine rings is 1. The van der Waals surface area contributed by atoms with Crippen LogP contribution < -0.4 is 21.3 Å². The van der Waals surface area contributed by atoms with Crippen LogP contribution in [0, 0.1) is 17.8 Å². The number of hydrogen-bond donors (Lipinski definition) is 6. The highest BCUT2D eigenvalue weighted by Crippen LogP contribution is 2.53. The van der Waals surface area contributed by atoms with Crippen LogP contribution in [0.4, 0.5) is 11.4 Å². The summed E-state index contributed by atoms with van der Waals surface area (Å²) in [7, 11) is 7.19. The SMILES string of the molecule is CN(C)c1cc(NC2CC(C)(C)NC(C)(C)C2)c(O)c2c1C[C@H]1C[C@@H]3[C@H](C(=O)C(C(N)=O)=C(O)[C@H]3N(C)C)C(=O)C1=C2O. The number of aromatic hydroxyl groups is 1. The summed E-state index contributed by atoms with van der Waals surface area (Å²) in [5.41, 5.74) is 6.84. The highest BCUT2D eigenvalue weighted by Gasteiger charge is 2.56. The second-order valence-corrected chi connectivity index (χ2v) is 14.5. The molecule has 11 nitrogen and oxygen atoms in total. The van der Waals surface area contributed by atoms with Gasteiger partial charge in [-0.05, 0) is 90.9 Å². The normalized spacial score (nSPS) is 28.4. The molecule has 0 bridgehead atoms. The first-order chi connectivity index (χ1) is 19.8. The van der Waals surface area contributed by atoms with Crippen molar-refractivity contribution in [3.05, 3.63) is 34.1 Å². The van der Waals surface area contributed by atoms with Crippen molar-refractivity contribution < 1.29 is 29.7 Å². The highest BCUT2D eigenvalue weighted by atomic mass is 16.3. The molecule has 5 rings (SSSR count). The van der Waals surface area contributed by atoms with Crippen molar-refractivity contribution in [2.75, 3.05) is 38.4 Å². The molecule has 4 atom stereocenters. The Hall–Kier alpha value is -3.57. The van der Waals surface area contributed by atoms with Crippen LogP contribution in [0.15, 0.2) is 23.0 Å². The Bertz CT molecular complexity index is 1460. The monoisotopic (exact) mass is 595 g/mol. The lowest BCUT2D eigenvalue weighted by molar-refractivity contribution is -0.136. The summed E-state index contributed by atoms with van der Waals surface area (Å²) in [5, 5.41) is 41.5. The lowest BCUT2D eigenvalue weighted by Gasteiger charge is -2.47. The van der Waals surface area contributed by atoms with Crippen LogP contribution in [0.2, 0.25) is 0 Å². The van der Waals surface area contributed by atoms with Crippen molar-refractivity contribution in [2.24, 2.45) is 23.5 Å². The van der Waals surface area contributed by atoms with Crippen LogP contribution in [0.1, 0.15) is 58.1 Å². The van der Waals surface area contributed by atoms with E-state index in [-0.39, 0.29) is 39.8 Å². The topological polar surface area (TPSA) is 168 Å². The minimum Gasteiger partial charge on any atom is -0.510 e. The summed E-state index contributed by atoms with van der Waals surface area (Å²) in [4.78, 5) is 43.4. The highest BCUT2D eigenvalue weighted by molar-refractivity contribution is 6.28. The van der Waals surface area contributed by atoms with E-state index < -0.39 is 52.6 Å². The van der Waals surface area contributed by atoms with E-state index in [1.165, 1.54) is 0 Å². The van der Waals surface area contributed by atoms with Crippen LogP contribution in [0.3, 0.4) is 0 Å². The summed E-state index contributed by atoms with van der Waals surface area (Å²) >= 11 is 0. The van der Waals surface area contributed by atoms with Crippen molar-refractivity contribution >= 4 is 34.6 Å². The molecule has 1 saturated heterocycles. The molecule has 0 unspecified atom stereocenters. The molecular formula is C32H45N5O6. The van der Waals surface area contributed by atoms with E-state index in [1.807, 2.05) is 25.1 Å². The number of nitrogens with one attached hydrogen (secondary N) is 2. The average Bonchev–Trinajstić information content (AvgIpc) is 2.82. The fourth-order valence-corrected chi connectivity index (χ4v) is 8.47. The average molecular weight is 596 g/mol. The van der Waals surface area contributed by atoms with Gasteiger partial charge in [0.1, 0.15) is 22.8 Å². The van der Waals surface area contributed by atoms with Gasteiger partial charge in [0.2, 0.25) is 0 Å². The Morgan fingerprint density at radius 1 is 1.02 bits per heavy atom. The van der Waals surface area contributed by atoms with Gasteiger partial charge in [-0.15, -0.1) is 0 Å². The minimum absolute atomic E-state index is 0.0305. The minimum atomic E-state index is -1.28. The number of primary amides is 1. The maximum absolute atomic E-state index is 14.1. The van der Waals surface area contributed by atoms with Gasteiger partial charge in [0.05, 0.1) is 23.2 Å². The lowest BCUT2D eigenvalue weighted by Crippen LogP contribution is -2.60. The van der Waals surface area contributed by atoms with Crippen LogP contribution in [0.5, 0.6) is 5.75 Å². The maximum Gasteiger partial charge on any atom is 0.255 e. The number of fused-ring (bicyclic) bond motifs is 3. The Balaban J connectivity index is 1.62. The van der Waals surface area contributed by atoms with Gasteiger partial charge in [0, 0.05) is 42.5 Å². The zero-order valence-corrected chi connectivity index (χ0v) is 26.3. The van der Waals surface area contributed by atoms with E-state index >= 15 is 0 Å². The fourth-order valence-electron chi connectivity index (χ4n) is 8.47. The van der Waals surface area contributed by atoms with Gasteiger partial charge in [-0.25, -0.2) is 0 Å². The Kier molecular flexibility index (Phi) is 7.37. The van der Waals surface area contributed by atoms with Crippen LogP contribution >= 0.6 is 0 Å². The second-order valence-electron chi connectivity index (χ2n) is 14.5. The molecule has 0 spiro atoms. The zero-order chi connectivity index (χ0) is 31.9. The number of ketones is 2. The number of nitrogens with zero attached hydrogens (tertiary/aromatic N) is 2. The molecule has 1 aromatic rings.